The van der Waals surface area contributed by atoms with Crippen molar-refractivity contribution < 1.29 is 14.3 Å². The molecule has 22 heavy (non-hydrogen) atoms. The fraction of sp³-hybridized carbons (Fsp3) is 0.562. The number of piperazine rings is 1. The summed E-state index contributed by atoms with van der Waals surface area (Å²) >= 11 is 0. The van der Waals surface area contributed by atoms with Crippen LogP contribution in [0.2, 0.25) is 0 Å². The van der Waals surface area contributed by atoms with Crippen molar-refractivity contribution >= 4 is 5.91 Å². The molecular formula is C16H24FN3O2. The second-order valence-corrected chi connectivity index (χ2v) is 5.95. The first-order valence-electron chi connectivity index (χ1n) is 7.55. The molecule has 1 aliphatic heterocycles. The van der Waals surface area contributed by atoms with Gasteiger partial charge in [0.25, 0.3) is 5.91 Å². The molecule has 0 bridgehead atoms. The molecule has 6 heteroatoms. The highest BCUT2D eigenvalue weighted by Gasteiger charge is 2.20. The lowest BCUT2D eigenvalue weighted by molar-refractivity contribution is 0.0501. The first kappa shape index (κ1) is 16.9. The number of nitrogens with zero attached hydrogens (tertiary/aromatic N) is 3. The summed E-state index contributed by atoms with van der Waals surface area (Å²) in [5.74, 6) is -0.577. The molecule has 1 aliphatic rings. The van der Waals surface area contributed by atoms with Gasteiger partial charge in [-0.3, -0.25) is 9.69 Å². The third-order valence-electron chi connectivity index (χ3n) is 3.99. The Labute approximate surface area is 130 Å². The van der Waals surface area contributed by atoms with Gasteiger partial charge in [-0.15, -0.1) is 0 Å². The van der Waals surface area contributed by atoms with E-state index in [1.54, 1.807) is 7.05 Å². The van der Waals surface area contributed by atoms with E-state index in [1.165, 1.54) is 29.2 Å². The molecule has 1 aromatic rings. The predicted octanol–water partition coefficient (Wildman–Crippen LogP) is 0.506. The molecule has 1 amide bonds. The molecular weight excluding hydrogens is 285 g/mol. The summed E-state index contributed by atoms with van der Waals surface area (Å²) in [7, 11) is 3.74. The van der Waals surface area contributed by atoms with Crippen molar-refractivity contribution in [1.82, 2.24) is 14.7 Å². The number of carbonyl (C=O) groups is 1. The van der Waals surface area contributed by atoms with Gasteiger partial charge in [-0.05, 0) is 31.3 Å². The Morgan fingerprint density at radius 1 is 1.27 bits per heavy atom. The molecule has 0 radical (unpaired) electrons. The number of amides is 1. The average Bonchev–Trinajstić information content (AvgIpc) is 2.49. The molecule has 1 unspecified atom stereocenters. The van der Waals surface area contributed by atoms with Gasteiger partial charge in [0.15, 0.2) is 0 Å². The van der Waals surface area contributed by atoms with E-state index in [9.17, 15) is 14.3 Å². The minimum atomic E-state index is -0.585. The Morgan fingerprint density at radius 3 is 2.45 bits per heavy atom. The lowest BCUT2D eigenvalue weighted by Gasteiger charge is -2.34. The molecule has 1 heterocycles. The molecule has 1 fully saturated rings. The quantitative estimate of drug-likeness (QED) is 0.861. The topological polar surface area (TPSA) is 47.0 Å². The largest absolute Gasteiger partial charge is 0.390 e. The van der Waals surface area contributed by atoms with Gasteiger partial charge in [0, 0.05) is 51.9 Å². The van der Waals surface area contributed by atoms with E-state index < -0.39 is 6.10 Å². The number of hydrogen-bond donors (Lipinski definition) is 1. The van der Waals surface area contributed by atoms with Crippen molar-refractivity contribution in [2.75, 3.05) is 53.4 Å². The van der Waals surface area contributed by atoms with Gasteiger partial charge >= 0.3 is 0 Å². The Balaban J connectivity index is 1.81. The van der Waals surface area contributed by atoms with E-state index in [0.29, 0.717) is 12.1 Å². The number of benzene rings is 1. The maximum atomic E-state index is 12.9. The summed E-state index contributed by atoms with van der Waals surface area (Å²) in [4.78, 5) is 18.1. The molecule has 0 spiro atoms. The van der Waals surface area contributed by atoms with Crippen LogP contribution >= 0.6 is 0 Å². The summed E-state index contributed by atoms with van der Waals surface area (Å²) in [5.41, 5.74) is 0.427. The van der Waals surface area contributed by atoms with E-state index in [-0.39, 0.29) is 18.3 Å². The number of β-amino-alcohol motifs (C(OH)–C–C–N with tert-alkyl or cyclic N) is 1. The van der Waals surface area contributed by atoms with Gasteiger partial charge in [-0.1, -0.05) is 0 Å². The van der Waals surface area contributed by atoms with Gasteiger partial charge < -0.3 is 14.9 Å². The second kappa shape index (κ2) is 7.67. The van der Waals surface area contributed by atoms with Crippen LogP contribution in [0.1, 0.15) is 10.4 Å². The normalized spacial score (nSPS) is 18.2. The van der Waals surface area contributed by atoms with E-state index in [0.717, 1.165) is 26.2 Å². The van der Waals surface area contributed by atoms with Crippen LogP contribution in [0.5, 0.6) is 0 Å². The van der Waals surface area contributed by atoms with Crippen LogP contribution in [0.3, 0.4) is 0 Å². The molecule has 1 atom stereocenters. The molecule has 1 saturated heterocycles. The van der Waals surface area contributed by atoms with Gasteiger partial charge in [0.2, 0.25) is 0 Å². The van der Waals surface area contributed by atoms with Gasteiger partial charge in [0.05, 0.1) is 6.10 Å². The lowest BCUT2D eigenvalue weighted by Crippen LogP contribution is -2.49. The third-order valence-corrected chi connectivity index (χ3v) is 3.99. The predicted molar refractivity (Wildman–Crippen MR) is 83.3 cm³/mol. The van der Waals surface area contributed by atoms with Crippen LogP contribution in [0.4, 0.5) is 4.39 Å². The lowest BCUT2D eigenvalue weighted by atomic mass is 10.2. The van der Waals surface area contributed by atoms with E-state index in [4.69, 9.17) is 0 Å². The molecule has 5 nitrogen and oxygen atoms in total. The first-order chi connectivity index (χ1) is 10.5. The highest BCUT2D eigenvalue weighted by Crippen LogP contribution is 2.07. The summed E-state index contributed by atoms with van der Waals surface area (Å²) in [5, 5.41) is 10.2. The zero-order valence-corrected chi connectivity index (χ0v) is 13.2. The SMILES string of the molecule is CN1CCN(CC(O)CN(C)C(=O)c2ccc(F)cc2)CC1. The number of hydrogen-bond acceptors (Lipinski definition) is 4. The summed E-state index contributed by atoms with van der Waals surface area (Å²) < 4.78 is 12.9. The molecule has 122 valence electrons. The van der Waals surface area contributed by atoms with Crippen molar-refractivity contribution in [1.29, 1.82) is 0 Å². The van der Waals surface area contributed by atoms with Crippen LogP contribution in [0, 0.1) is 5.82 Å². The number of likely N-dealkylation sites (N-methyl/N-ethyl adjacent to an activating group) is 2. The van der Waals surface area contributed by atoms with Gasteiger partial charge in [0.1, 0.15) is 5.82 Å². The maximum Gasteiger partial charge on any atom is 0.253 e. The fourth-order valence-corrected chi connectivity index (χ4v) is 2.60. The highest BCUT2D eigenvalue weighted by molar-refractivity contribution is 5.94. The van der Waals surface area contributed by atoms with Crippen LogP contribution in [0.15, 0.2) is 24.3 Å². The van der Waals surface area contributed by atoms with E-state index >= 15 is 0 Å². The summed E-state index contributed by atoms with van der Waals surface area (Å²) in [6, 6.07) is 5.45. The summed E-state index contributed by atoms with van der Waals surface area (Å²) in [6.07, 6.45) is -0.585. The number of carbonyl (C=O) groups excluding carboxylic acids is 1. The summed E-state index contributed by atoms with van der Waals surface area (Å²) in [6.45, 7) is 4.69. The van der Waals surface area contributed by atoms with Crippen LogP contribution in [-0.2, 0) is 0 Å². The number of aliphatic hydroxyl groups is 1. The molecule has 1 aromatic carbocycles. The maximum absolute atomic E-state index is 12.9. The first-order valence-corrected chi connectivity index (χ1v) is 7.55. The number of rotatable bonds is 5. The van der Waals surface area contributed by atoms with Gasteiger partial charge in [-0.2, -0.15) is 0 Å². The number of halogens is 1. The average molecular weight is 309 g/mol. The molecule has 2 rings (SSSR count). The molecule has 0 aromatic heterocycles. The van der Waals surface area contributed by atoms with Crippen LogP contribution in [0.25, 0.3) is 0 Å². The molecule has 0 saturated carbocycles. The minimum Gasteiger partial charge on any atom is -0.390 e. The van der Waals surface area contributed by atoms with Gasteiger partial charge in [-0.25, -0.2) is 4.39 Å². The highest BCUT2D eigenvalue weighted by atomic mass is 19.1. The minimum absolute atomic E-state index is 0.211. The van der Waals surface area contributed by atoms with E-state index in [2.05, 4.69) is 16.8 Å². The fourth-order valence-electron chi connectivity index (χ4n) is 2.60. The molecule has 1 N–H and O–H groups in total. The van der Waals surface area contributed by atoms with Crippen LogP contribution < -0.4 is 0 Å². The Kier molecular flexibility index (Phi) is 5.88. The third kappa shape index (κ3) is 4.76. The van der Waals surface area contributed by atoms with Crippen molar-refractivity contribution in [2.45, 2.75) is 6.10 Å². The Hall–Kier alpha value is -1.50. The monoisotopic (exact) mass is 309 g/mol. The van der Waals surface area contributed by atoms with E-state index in [1.807, 2.05) is 0 Å². The zero-order chi connectivity index (χ0) is 16.1. The van der Waals surface area contributed by atoms with Crippen molar-refractivity contribution in [3.8, 4) is 0 Å². The zero-order valence-electron chi connectivity index (χ0n) is 13.2. The van der Waals surface area contributed by atoms with Crippen LogP contribution in [-0.4, -0.2) is 85.2 Å². The molecule has 0 aliphatic carbocycles. The van der Waals surface area contributed by atoms with Crippen molar-refractivity contribution in [3.05, 3.63) is 35.6 Å². The Bertz CT molecular complexity index is 487. The smallest absolute Gasteiger partial charge is 0.253 e. The number of aliphatic hydroxyl groups excluding tert-OH is 1. The Morgan fingerprint density at radius 2 is 1.86 bits per heavy atom. The standard InChI is InChI=1S/C16H24FN3O2/c1-18-7-9-20(10-8-18)12-15(21)11-19(2)16(22)13-3-5-14(17)6-4-13/h3-6,15,21H,7-12H2,1-2H3. The van der Waals surface area contributed by atoms with Crippen molar-refractivity contribution in [2.24, 2.45) is 0 Å². The second-order valence-electron chi connectivity index (χ2n) is 5.95. The van der Waals surface area contributed by atoms with Crippen molar-refractivity contribution in [3.63, 3.8) is 0 Å².